The lowest BCUT2D eigenvalue weighted by atomic mass is 10.3. The second-order valence-electron chi connectivity index (χ2n) is 4.33. The number of hydrogen-bond donors (Lipinski definition) is 3. The Labute approximate surface area is 119 Å². The van der Waals surface area contributed by atoms with Gasteiger partial charge in [0.2, 0.25) is 5.91 Å². The summed E-state index contributed by atoms with van der Waals surface area (Å²) in [6.07, 6.45) is 0. The van der Waals surface area contributed by atoms with E-state index >= 15 is 0 Å². The fourth-order valence-electron chi connectivity index (χ4n) is 1.89. The molecule has 1 heterocycles. The number of hydrogen-bond acceptors (Lipinski definition) is 4. The van der Waals surface area contributed by atoms with Crippen LogP contribution in [0.2, 0.25) is 0 Å². The molecular formula is C13H15N3O5. The number of carbonyl (C=O) groups excluding carboxylic acids is 1. The van der Waals surface area contributed by atoms with E-state index in [0.29, 0.717) is 11.0 Å². The minimum atomic E-state index is -1.06. The SMILES string of the molecule is O=C(O)COCCNC(=O)Cn1c(=O)[nH]c2ccccc21. The maximum atomic E-state index is 11.8. The Morgan fingerprint density at radius 3 is 2.86 bits per heavy atom. The lowest BCUT2D eigenvalue weighted by molar-refractivity contribution is -0.142. The quantitative estimate of drug-likeness (QED) is 0.598. The van der Waals surface area contributed by atoms with E-state index in [2.05, 4.69) is 10.3 Å². The highest BCUT2D eigenvalue weighted by atomic mass is 16.5. The maximum absolute atomic E-state index is 11.8. The van der Waals surface area contributed by atoms with Crippen molar-refractivity contribution in [1.29, 1.82) is 0 Å². The summed E-state index contributed by atoms with van der Waals surface area (Å²) < 4.78 is 6.12. The number of fused-ring (bicyclic) bond motifs is 1. The molecule has 0 radical (unpaired) electrons. The van der Waals surface area contributed by atoms with E-state index in [0.717, 1.165) is 0 Å². The molecule has 2 rings (SSSR count). The molecule has 0 spiro atoms. The number of aromatic amines is 1. The Balaban J connectivity index is 1.88. The van der Waals surface area contributed by atoms with Crippen LogP contribution in [0.3, 0.4) is 0 Å². The second kappa shape index (κ2) is 6.71. The van der Waals surface area contributed by atoms with E-state index in [4.69, 9.17) is 9.84 Å². The lowest BCUT2D eigenvalue weighted by Crippen LogP contribution is -2.33. The van der Waals surface area contributed by atoms with Gasteiger partial charge in [0, 0.05) is 6.54 Å². The van der Waals surface area contributed by atoms with E-state index in [-0.39, 0.29) is 31.3 Å². The van der Waals surface area contributed by atoms with Gasteiger partial charge in [-0.3, -0.25) is 9.36 Å². The zero-order valence-electron chi connectivity index (χ0n) is 11.2. The van der Waals surface area contributed by atoms with E-state index in [1.165, 1.54) is 4.57 Å². The number of carbonyl (C=O) groups is 2. The summed E-state index contributed by atoms with van der Waals surface area (Å²) in [7, 11) is 0. The van der Waals surface area contributed by atoms with Crippen LogP contribution in [0, 0.1) is 0 Å². The third-order valence-corrected chi connectivity index (χ3v) is 2.78. The topological polar surface area (TPSA) is 113 Å². The summed E-state index contributed by atoms with van der Waals surface area (Å²) >= 11 is 0. The maximum Gasteiger partial charge on any atom is 0.329 e. The summed E-state index contributed by atoms with van der Waals surface area (Å²) in [6, 6.07) is 7.08. The highest BCUT2D eigenvalue weighted by molar-refractivity contribution is 5.80. The van der Waals surface area contributed by atoms with Crippen molar-refractivity contribution in [3.63, 3.8) is 0 Å². The first-order valence-electron chi connectivity index (χ1n) is 6.31. The number of benzene rings is 1. The largest absolute Gasteiger partial charge is 0.480 e. The highest BCUT2D eigenvalue weighted by Gasteiger charge is 2.09. The number of carboxylic acid groups (broad SMARTS) is 1. The summed E-state index contributed by atoms with van der Waals surface area (Å²) in [5, 5.41) is 10.9. The first-order valence-corrected chi connectivity index (χ1v) is 6.31. The van der Waals surface area contributed by atoms with Crippen LogP contribution < -0.4 is 11.0 Å². The highest BCUT2D eigenvalue weighted by Crippen LogP contribution is 2.08. The third kappa shape index (κ3) is 3.93. The van der Waals surface area contributed by atoms with E-state index in [1.807, 2.05) is 0 Å². The summed E-state index contributed by atoms with van der Waals surface area (Å²) in [5.74, 6) is -1.41. The number of H-pyrrole nitrogens is 1. The Hall–Kier alpha value is -2.61. The Kier molecular flexibility index (Phi) is 4.72. The normalized spacial score (nSPS) is 10.7. The number of para-hydroxylation sites is 2. The van der Waals surface area contributed by atoms with Gasteiger partial charge in [-0.1, -0.05) is 12.1 Å². The van der Waals surface area contributed by atoms with E-state index in [9.17, 15) is 14.4 Å². The van der Waals surface area contributed by atoms with Gasteiger partial charge in [0.1, 0.15) is 13.2 Å². The molecule has 3 N–H and O–H groups in total. The van der Waals surface area contributed by atoms with Gasteiger partial charge in [0.05, 0.1) is 17.6 Å². The molecule has 1 amide bonds. The van der Waals surface area contributed by atoms with Crippen LogP contribution in [0.25, 0.3) is 11.0 Å². The van der Waals surface area contributed by atoms with Gasteiger partial charge in [-0.2, -0.15) is 0 Å². The molecule has 0 aliphatic carbocycles. The molecule has 0 saturated heterocycles. The molecule has 1 aromatic heterocycles. The number of aromatic nitrogens is 2. The number of amides is 1. The van der Waals surface area contributed by atoms with Crippen molar-refractivity contribution < 1.29 is 19.4 Å². The molecule has 0 saturated carbocycles. The van der Waals surface area contributed by atoms with Crippen molar-refractivity contribution in [3.8, 4) is 0 Å². The second-order valence-corrected chi connectivity index (χ2v) is 4.33. The van der Waals surface area contributed by atoms with Crippen molar-refractivity contribution in [3.05, 3.63) is 34.7 Å². The molecule has 8 nitrogen and oxygen atoms in total. The van der Waals surface area contributed by atoms with Crippen LogP contribution in [-0.2, 0) is 20.9 Å². The molecule has 0 aliphatic rings. The average Bonchev–Trinajstić information content (AvgIpc) is 2.74. The Bertz CT molecular complexity index is 703. The first kappa shape index (κ1) is 14.8. The molecule has 21 heavy (non-hydrogen) atoms. The number of rotatable bonds is 7. The molecular weight excluding hydrogens is 278 g/mol. The minimum absolute atomic E-state index is 0.0980. The molecule has 0 atom stereocenters. The number of ether oxygens (including phenoxy) is 1. The number of nitrogens with zero attached hydrogens (tertiary/aromatic N) is 1. The molecule has 2 aromatic rings. The molecule has 8 heteroatoms. The molecule has 0 unspecified atom stereocenters. The fourth-order valence-corrected chi connectivity index (χ4v) is 1.89. The summed E-state index contributed by atoms with van der Waals surface area (Å²) in [5.41, 5.74) is 0.966. The Morgan fingerprint density at radius 1 is 1.33 bits per heavy atom. The molecule has 0 bridgehead atoms. The van der Waals surface area contributed by atoms with Crippen LogP contribution in [0.15, 0.2) is 29.1 Å². The van der Waals surface area contributed by atoms with Gasteiger partial charge < -0.3 is 20.1 Å². The predicted molar refractivity (Wildman–Crippen MR) is 74.0 cm³/mol. The van der Waals surface area contributed by atoms with Crippen LogP contribution in [0.1, 0.15) is 0 Å². The monoisotopic (exact) mass is 293 g/mol. The number of aliphatic carboxylic acids is 1. The van der Waals surface area contributed by atoms with Gasteiger partial charge >= 0.3 is 11.7 Å². The summed E-state index contributed by atoms with van der Waals surface area (Å²) in [4.78, 5) is 36.4. The van der Waals surface area contributed by atoms with Crippen LogP contribution in [0.5, 0.6) is 0 Å². The molecule has 1 aromatic carbocycles. The van der Waals surface area contributed by atoms with Crippen LogP contribution in [0.4, 0.5) is 0 Å². The van der Waals surface area contributed by atoms with Crippen molar-refractivity contribution >= 4 is 22.9 Å². The van der Waals surface area contributed by atoms with Crippen molar-refractivity contribution in [2.24, 2.45) is 0 Å². The zero-order valence-corrected chi connectivity index (χ0v) is 11.2. The van der Waals surface area contributed by atoms with Crippen molar-refractivity contribution in [1.82, 2.24) is 14.9 Å². The van der Waals surface area contributed by atoms with Crippen molar-refractivity contribution in [2.45, 2.75) is 6.54 Å². The molecule has 112 valence electrons. The van der Waals surface area contributed by atoms with Crippen LogP contribution >= 0.6 is 0 Å². The van der Waals surface area contributed by atoms with Gasteiger partial charge in [-0.05, 0) is 12.1 Å². The zero-order chi connectivity index (χ0) is 15.2. The van der Waals surface area contributed by atoms with Crippen molar-refractivity contribution in [2.75, 3.05) is 19.8 Å². The van der Waals surface area contributed by atoms with E-state index < -0.39 is 12.6 Å². The third-order valence-electron chi connectivity index (χ3n) is 2.78. The standard InChI is InChI=1S/C13H15N3O5/c17-11(14-5-6-21-8-12(18)19)7-16-10-4-2-1-3-9(10)15-13(16)20/h1-4H,5-8H2,(H,14,17)(H,15,20)(H,18,19). The van der Waals surface area contributed by atoms with Gasteiger partial charge in [0.15, 0.2) is 0 Å². The van der Waals surface area contributed by atoms with Gasteiger partial charge in [-0.15, -0.1) is 0 Å². The summed E-state index contributed by atoms with van der Waals surface area (Å²) in [6.45, 7) is -0.233. The first-order chi connectivity index (χ1) is 10.1. The Morgan fingerprint density at radius 2 is 2.10 bits per heavy atom. The number of carboxylic acids is 1. The van der Waals surface area contributed by atoms with E-state index in [1.54, 1.807) is 24.3 Å². The number of imidazole rings is 1. The number of nitrogens with one attached hydrogen (secondary N) is 2. The smallest absolute Gasteiger partial charge is 0.329 e. The molecule has 0 fully saturated rings. The van der Waals surface area contributed by atoms with Gasteiger partial charge in [0.25, 0.3) is 0 Å². The minimum Gasteiger partial charge on any atom is -0.480 e. The fraction of sp³-hybridized carbons (Fsp3) is 0.308. The van der Waals surface area contributed by atoms with Gasteiger partial charge in [-0.25, -0.2) is 9.59 Å². The lowest BCUT2D eigenvalue weighted by Gasteiger charge is -2.06. The molecule has 0 aliphatic heterocycles. The predicted octanol–water partition coefficient (Wildman–Crippen LogP) is -0.453. The van der Waals surface area contributed by atoms with Crippen LogP contribution in [-0.4, -0.2) is 46.3 Å². The average molecular weight is 293 g/mol.